The van der Waals surface area contributed by atoms with E-state index in [0.29, 0.717) is 18.9 Å². The van der Waals surface area contributed by atoms with Gasteiger partial charge in [-0.2, -0.15) is 25.9 Å². The molecule has 0 aliphatic carbocycles. The second-order valence-corrected chi connectivity index (χ2v) is 11.4. The number of nitrogens with zero attached hydrogens (tertiary/aromatic N) is 2. The van der Waals surface area contributed by atoms with Gasteiger partial charge in [0.15, 0.2) is 5.82 Å². The van der Waals surface area contributed by atoms with Crippen molar-refractivity contribution in [2.24, 2.45) is 7.05 Å². The lowest BCUT2D eigenvalue weighted by molar-refractivity contribution is -0.137. The molecule has 1 aromatic carbocycles. The molecule has 1 saturated heterocycles. The Morgan fingerprint density at radius 3 is 2.49 bits per heavy atom. The van der Waals surface area contributed by atoms with E-state index in [9.17, 15) is 34.8 Å². The summed E-state index contributed by atoms with van der Waals surface area (Å²) in [5.41, 5.74) is -2.01. The Bertz CT molecular complexity index is 1330. The van der Waals surface area contributed by atoms with Gasteiger partial charge in [-0.15, -0.1) is 0 Å². The second kappa shape index (κ2) is 9.85. The van der Waals surface area contributed by atoms with Crippen LogP contribution in [-0.2, 0) is 33.5 Å². The van der Waals surface area contributed by atoms with E-state index in [4.69, 9.17) is 0 Å². The van der Waals surface area contributed by atoms with Crippen LogP contribution in [0.4, 0.5) is 23.2 Å². The fourth-order valence-corrected chi connectivity index (χ4v) is 6.04. The standard InChI is InChI=1S/C19H23F4N5O5S2/c1-24-35(32,33)28-8-4-7-14(10-28)26-34(30,31)15-11-27(2)17(16(15)20)18(29)25-13-6-3-5-12(9-13)19(21,22)23/h3,5-6,9,11,14,24,26H,4,7-8,10H2,1-2H3,(H,25,29)/t14-/m1/s1. The van der Waals surface area contributed by atoms with E-state index in [1.165, 1.54) is 20.2 Å². The van der Waals surface area contributed by atoms with E-state index < -0.39 is 60.3 Å². The average Bonchev–Trinajstić information content (AvgIpc) is 3.08. The number of anilines is 1. The SMILES string of the molecule is CNS(=O)(=O)N1CCC[C@@H](NS(=O)(=O)c2cn(C)c(C(=O)Nc3cccc(C(F)(F)F)c3)c2F)C1. The molecule has 1 atom stereocenters. The third kappa shape index (κ3) is 6.00. The monoisotopic (exact) mass is 541 g/mol. The Labute approximate surface area is 199 Å². The van der Waals surface area contributed by atoms with E-state index in [1.54, 1.807) is 0 Å². The highest BCUT2D eigenvalue weighted by Gasteiger charge is 2.34. The van der Waals surface area contributed by atoms with Crippen LogP contribution in [0.3, 0.4) is 0 Å². The number of carbonyl (C=O) groups excluding carboxylic acids is 1. The van der Waals surface area contributed by atoms with Crippen molar-refractivity contribution in [1.29, 1.82) is 0 Å². The zero-order chi connectivity index (χ0) is 26.2. The first kappa shape index (κ1) is 27.1. The number of nitrogens with one attached hydrogen (secondary N) is 3. The average molecular weight is 542 g/mol. The summed E-state index contributed by atoms with van der Waals surface area (Å²) < 4.78 is 110. The van der Waals surface area contributed by atoms with Crippen LogP contribution in [0.1, 0.15) is 28.9 Å². The van der Waals surface area contributed by atoms with Gasteiger partial charge in [-0.1, -0.05) is 6.07 Å². The number of hydrogen-bond donors (Lipinski definition) is 3. The Morgan fingerprint density at radius 1 is 1.17 bits per heavy atom. The van der Waals surface area contributed by atoms with E-state index >= 15 is 4.39 Å². The lowest BCUT2D eigenvalue weighted by Gasteiger charge is -2.31. The molecule has 16 heteroatoms. The Kier molecular flexibility index (Phi) is 7.61. The van der Waals surface area contributed by atoms with Gasteiger partial charge in [-0.05, 0) is 31.0 Å². The highest BCUT2D eigenvalue weighted by atomic mass is 32.2. The number of halogens is 4. The summed E-state index contributed by atoms with van der Waals surface area (Å²) in [6, 6.07) is 2.83. The molecule has 0 spiro atoms. The zero-order valence-electron chi connectivity index (χ0n) is 18.6. The molecular formula is C19H23F4N5O5S2. The van der Waals surface area contributed by atoms with Crippen molar-refractivity contribution in [3.8, 4) is 0 Å². The number of aromatic nitrogens is 1. The summed E-state index contributed by atoms with van der Waals surface area (Å²) in [7, 11) is -5.89. The first-order valence-corrected chi connectivity index (χ1v) is 13.1. The summed E-state index contributed by atoms with van der Waals surface area (Å²) >= 11 is 0. The van der Waals surface area contributed by atoms with Gasteiger partial charge in [0.05, 0.1) is 5.56 Å². The lowest BCUT2D eigenvalue weighted by Crippen LogP contribution is -2.51. The van der Waals surface area contributed by atoms with E-state index in [-0.39, 0.29) is 18.8 Å². The minimum absolute atomic E-state index is 0.181. The molecule has 194 valence electrons. The van der Waals surface area contributed by atoms with Crippen LogP contribution < -0.4 is 14.8 Å². The topological polar surface area (TPSA) is 130 Å². The molecule has 3 N–H and O–H groups in total. The van der Waals surface area contributed by atoms with Gasteiger partial charge in [-0.25, -0.2) is 22.3 Å². The first-order valence-electron chi connectivity index (χ1n) is 10.2. The van der Waals surface area contributed by atoms with E-state index in [2.05, 4.69) is 14.8 Å². The van der Waals surface area contributed by atoms with Gasteiger partial charge in [-0.3, -0.25) is 4.79 Å². The number of carbonyl (C=O) groups is 1. The highest BCUT2D eigenvalue weighted by Crippen LogP contribution is 2.31. The van der Waals surface area contributed by atoms with E-state index in [0.717, 1.165) is 27.2 Å². The number of piperidine rings is 1. The second-order valence-electron chi connectivity index (χ2n) is 7.83. The summed E-state index contributed by atoms with van der Waals surface area (Å²) in [5.74, 6) is -2.56. The molecule has 0 bridgehead atoms. The maximum absolute atomic E-state index is 15.1. The maximum Gasteiger partial charge on any atom is 0.416 e. The number of amides is 1. The fourth-order valence-electron chi connectivity index (χ4n) is 3.65. The van der Waals surface area contributed by atoms with Crippen molar-refractivity contribution in [2.45, 2.75) is 30.0 Å². The fraction of sp³-hybridized carbons (Fsp3) is 0.421. The molecule has 1 amide bonds. The highest BCUT2D eigenvalue weighted by molar-refractivity contribution is 7.89. The minimum Gasteiger partial charge on any atom is -0.343 e. The molecule has 35 heavy (non-hydrogen) atoms. The van der Waals surface area contributed by atoms with Gasteiger partial charge in [0.1, 0.15) is 10.6 Å². The number of aryl methyl sites for hydroxylation is 1. The molecule has 2 heterocycles. The predicted molar refractivity (Wildman–Crippen MR) is 118 cm³/mol. The van der Waals surface area contributed by atoms with Gasteiger partial charge in [0.25, 0.3) is 16.1 Å². The van der Waals surface area contributed by atoms with Gasteiger partial charge in [0, 0.05) is 45.1 Å². The molecule has 1 fully saturated rings. The smallest absolute Gasteiger partial charge is 0.343 e. The Morgan fingerprint density at radius 2 is 1.86 bits per heavy atom. The predicted octanol–water partition coefficient (Wildman–Crippen LogP) is 1.64. The molecule has 1 aliphatic heterocycles. The van der Waals surface area contributed by atoms with Crippen LogP contribution in [-0.4, -0.2) is 57.8 Å². The molecule has 0 radical (unpaired) electrons. The van der Waals surface area contributed by atoms with Crippen LogP contribution >= 0.6 is 0 Å². The molecular weight excluding hydrogens is 518 g/mol. The number of alkyl halides is 3. The minimum atomic E-state index is -4.66. The quantitative estimate of drug-likeness (QED) is 0.459. The van der Waals surface area contributed by atoms with Gasteiger partial charge in [0.2, 0.25) is 10.0 Å². The largest absolute Gasteiger partial charge is 0.416 e. The molecule has 2 aromatic rings. The molecule has 0 unspecified atom stereocenters. The molecule has 0 saturated carbocycles. The van der Waals surface area contributed by atoms with Crippen molar-refractivity contribution in [3.05, 3.63) is 47.5 Å². The van der Waals surface area contributed by atoms with Gasteiger partial charge < -0.3 is 9.88 Å². The number of hydrogen-bond acceptors (Lipinski definition) is 5. The van der Waals surface area contributed by atoms with Crippen molar-refractivity contribution in [1.82, 2.24) is 18.3 Å². The van der Waals surface area contributed by atoms with Crippen molar-refractivity contribution >= 4 is 31.8 Å². The van der Waals surface area contributed by atoms with Crippen molar-refractivity contribution in [2.75, 3.05) is 25.5 Å². The summed E-state index contributed by atoms with van der Waals surface area (Å²) in [4.78, 5) is 11.7. The Balaban J connectivity index is 1.81. The summed E-state index contributed by atoms with van der Waals surface area (Å²) in [6.07, 6.45) is -3.16. The molecule has 3 rings (SSSR count). The van der Waals surface area contributed by atoms with Crippen molar-refractivity contribution < 1.29 is 39.2 Å². The normalized spacial score (nSPS) is 17.9. The van der Waals surface area contributed by atoms with Crippen LogP contribution in [0, 0.1) is 5.82 Å². The van der Waals surface area contributed by atoms with E-state index in [1.807, 2.05) is 0 Å². The van der Waals surface area contributed by atoms with Crippen LogP contribution in [0.2, 0.25) is 0 Å². The number of benzene rings is 1. The number of sulfonamides is 1. The first-order chi connectivity index (χ1) is 16.2. The van der Waals surface area contributed by atoms with Crippen LogP contribution in [0.15, 0.2) is 35.4 Å². The van der Waals surface area contributed by atoms with Crippen LogP contribution in [0.25, 0.3) is 0 Å². The maximum atomic E-state index is 15.1. The summed E-state index contributed by atoms with van der Waals surface area (Å²) in [5, 5.41) is 2.13. The number of rotatable bonds is 7. The Hall–Kier alpha value is -2.53. The lowest BCUT2D eigenvalue weighted by atomic mass is 10.1. The zero-order valence-corrected chi connectivity index (χ0v) is 20.2. The third-order valence-electron chi connectivity index (χ3n) is 5.34. The van der Waals surface area contributed by atoms with Gasteiger partial charge >= 0.3 is 6.18 Å². The van der Waals surface area contributed by atoms with Crippen LogP contribution in [0.5, 0.6) is 0 Å². The molecule has 1 aliphatic rings. The molecule has 1 aromatic heterocycles. The summed E-state index contributed by atoms with van der Waals surface area (Å²) in [6.45, 7) is 0.000697. The third-order valence-corrected chi connectivity index (χ3v) is 8.38. The van der Waals surface area contributed by atoms with Crippen molar-refractivity contribution in [3.63, 3.8) is 0 Å². The molecule has 10 nitrogen and oxygen atoms in total.